The maximum atomic E-state index is 13.2. The summed E-state index contributed by atoms with van der Waals surface area (Å²) in [6, 6.07) is 9.01. The Kier molecular flexibility index (Phi) is 5.09. The van der Waals surface area contributed by atoms with E-state index < -0.39 is 0 Å². The van der Waals surface area contributed by atoms with Gasteiger partial charge in [0.15, 0.2) is 0 Å². The lowest BCUT2D eigenvalue weighted by atomic mass is 9.53. The number of anilines is 1. The number of para-hydroxylation sites is 1. The number of rotatable bonds is 5. The molecular weight excluding hydrogens is 358 g/mol. The largest absolute Gasteiger partial charge is 0.382 e. The van der Waals surface area contributed by atoms with Gasteiger partial charge in [0.05, 0.1) is 6.04 Å². The molecule has 6 rings (SSSR count). The first-order valence-corrected chi connectivity index (χ1v) is 11.9. The molecule has 1 atom stereocenters. The van der Waals surface area contributed by atoms with Gasteiger partial charge in [0.1, 0.15) is 0 Å². The quantitative estimate of drug-likeness (QED) is 0.779. The van der Waals surface area contributed by atoms with E-state index in [2.05, 4.69) is 53.6 Å². The van der Waals surface area contributed by atoms with Crippen LogP contribution in [0, 0.1) is 24.7 Å². The molecule has 5 fully saturated rings. The number of aryl methyl sites for hydroxylation is 1. The Balaban J connectivity index is 1.14. The summed E-state index contributed by atoms with van der Waals surface area (Å²) in [5, 5.41) is 7.30. The molecule has 29 heavy (non-hydrogen) atoms. The highest BCUT2D eigenvalue weighted by atomic mass is 16.2. The molecule has 1 saturated heterocycles. The van der Waals surface area contributed by atoms with Crippen LogP contribution in [0.25, 0.3) is 0 Å². The van der Waals surface area contributed by atoms with Crippen molar-refractivity contribution in [1.82, 2.24) is 10.2 Å². The van der Waals surface area contributed by atoms with Crippen LogP contribution < -0.4 is 10.6 Å². The molecule has 1 heterocycles. The SMILES string of the molecule is Cc1ccccc1NC1CCN([C@H](C)C(=O)NC23CC4CC(CC(C4)C2)C3)CC1. The van der Waals surface area contributed by atoms with Crippen LogP contribution in [-0.2, 0) is 4.79 Å². The molecule has 4 heteroatoms. The highest BCUT2D eigenvalue weighted by molar-refractivity contribution is 5.82. The third kappa shape index (κ3) is 3.93. The fourth-order valence-corrected chi connectivity index (χ4v) is 7.18. The van der Waals surface area contributed by atoms with E-state index >= 15 is 0 Å². The van der Waals surface area contributed by atoms with E-state index in [1.54, 1.807) is 0 Å². The Morgan fingerprint density at radius 2 is 1.62 bits per heavy atom. The van der Waals surface area contributed by atoms with Crippen molar-refractivity contribution in [2.45, 2.75) is 82.8 Å². The van der Waals surface area contributed by atoms with Gasteiger partial charge in [-0.15, -0.1) is 0 Å². The predicted octanol–water partition coefficient (Wildman–Crippen LogP) is 4.34. The minimum Gasteiger partial charge on any atom is -0.382 e. The first kappa shape index (κ1) is 19.4. The molecule has 1 aliphatic heterocycles. The topological polar surface area (TPSA) is 44.4 Å². The fraction of sp³-hybridized carbons (Fsp3) is 0.720. The minimum absolute atomic E-state index is 0.0117. The summed E-state index contributed by atoms with van der Waals surface area (Å²) in [5.41, 5.74) is 2.68. The lowest BCUT2D eigenvalue weighted by molar-refractivity contribution is -0.132. The Hall–Kier alpha value is -1.55. The molecule has 4 aliphatic carbocycles. The summed E-state index contributed by atoms with van der Waals surface area (Å²) >= 11 is 0. The number of piperidine rings is 1. The zero-order valence-corrected chi connectivity index (χ0v) is 18.1. The monoisotopic (exact) mass is 395 g/mol. The fourth-order valence-electron chi connectivity index (χ4n) is 7.18. The van der Waals surface area contributed by atoms with E-state index in [0.717, 1.165) is 43.7 Å². The smallest absolute Gasteiger partial charge is 0.237 e. The normalized spacial score (nSPS) is 35.4. The van der Waals surface area contributed by atoms with E-state index in [-0.39, 0.29) is 17.5 Å². The predicted molar refractivity (Wildman–Crippen MR) is 118 cm³/mol. The van der Waals surface area contributed by atoms with Crippen LogP contribution in [0.4, 0.5) is 5.69 Å². The van der Waals surface area contributed by atoms with Crippen LogP contribution in [0.2, 0.25) is 0 Å². The van der Waals surface area contributed by atoms with Crippen LogP contribution >= 0.6 is 0 Å². The van der Waals surface area contributed by atoms with E-state index in [1.165, 1.54) is 49.8 Å². The maximum Gasteiger partial charge on any atom is 0.237 e. The van der Waals surface area contributed by atoms with Crippen molar-refractivity contribution >= 4 is 11.6 Å². The van der Waals surface area contributed by atoms with Gasteiger partial charge in [0, 0.05) is 30.4 Å². The van der Waals surface area contributed by atoms with E-state index in [9.17, 15) is 4.79 Å². The van der Waals surface area contributed by atoms with Crippen LogP contribution in [0.3, 0.4) is 0 Å². The number of nitrogens with zero attached hydrogens (tertiary/aromatic N) is 1. The summed E-state index contributed by atoms with van der Waals surface area (Å²) < 4.78 is 0. The van der Waals surface area contributed by atoms with Gasteiger partial charge in [-0.05, 0) is 94.6 Å². The van der Waals surface area contributed by atoms with E-state index in [0.29, 0.717) is 6.04 Å². The average Bonchev–Trinajstić information content (AvgIpc) is 2.68. The highest BCUT2D eigenvalue weighted by Crippen LogP contribution is 2.55. The molecule has 0 spiro atoms. The summed E-state index contributed by atoms with van der Waals surface area (Å²) in [6.07, 6.45) is 10.2. The van der Waals surface area contributed by atoms with Gasteiger partial charge in [-0.2, -0.15) is 0 Å². The molecule has 0 radical (unpaired) electrons. The second kappa shape index (κ2) is 7.61. The van der Waals surface area contributed by atoms with Gasteiger partial charge >= 0.3 is 0 Å². The molecular formula is C25H37N3O. The number of nitrogens with one attached hydrogen (secondary N) is 2. The third-order valence-corrected chi connectivity index (χ3v) is 8.39. The molecule has 158 valence electrons. The highest BCUT2D eigenvalue weighted by Gasteiger charge is 2.51. The van der Waals surface area contributed by atoms with Crippen LogP contribution in [-0.4, -0.2) is 41.5 Å². The van der Waals surface area contributed by atoms with Gasteiger partial charge in [-0.1, -0.05) is 18.2 Å². The molecule has 0 aromatic heterocycles. The molecule has 1 aromatic carbocycles. The Labute approximate surface area is 175 Å². The summed E-state index contributed by atoms with van der Waals surface area (Å²) in [5.74, 6) is 2.90. The number of amides is 1. The summed E-state index contributed by atoms with van der Waals surface area (Å²) in [7, 11) is 0. The maximum absolute atomic E-state index is 13.2. The number of hydrogen-bond donors (Lipinski definition) is 2. The van der Waals surface area contributed by atoms with Gasteiger partial charge in [-0.25, -0.2) is 0 Å². The van der Waals surface area contributed by atoms with Crippen LogP contribution in [0.15, 0.2) is 24.3 Å². The molecule has 1 aromatic rings. The van der Waals surface area contributed by atoms with Crippen molar-refractivity contribution in [2.75, 3.05) is 18.4 Å². The molecule has 4 saturated carbocycles. The Bertz CT molecular complexity index is 717. The van der Waals surface area contributed by atoms with Gasteiger partial charge in [-0.3, -0.25) is 9.69 Å². The molecule has 4 bridgehead atoms. The van der Waals surface area contributed by atoms with Crippen molar-refractivity contribution in [1.29, 1.82) is 0 Å². The second-order valence-corrected chi connectivity index (χ2v) is 10.6. The zero-order chi connectivity index (χ0) is 20.0. The molecule has 0 unspecified atom stereocenters. The average molecular weight is 396 g/mol. The van der Waals surface area contributed by atoms with E-state index in [4.69, 9.17) is 0 Å². The van der Waals surface area contributed by atoms with Crippen molar-refractivity contribution < 1.29 is 4.79 Å². The third-order valence-electron chi connectivity index (χ3n) is 8.39. The first-order valence-electron chi connectivity index (χ1n) is 11.9. The minimum atomic E-state index is -0.0117. The van der Waals surface area contributed by atoms with Crippen molar-refractivity contribution in [3.8, 4) is 0 Å². The molecule has 1 amide bonds. The van der Waals surface area contributed by atoms with Gasteiger partial charge < -0.3 is 10.6 Å². The Morgan fingerprint density at radius 3 is 2.21 bits per heavy atom. The molecule has 2 N–H and O–H groups in total. The first-order chi connectivity index (χ1) is 14.0. The molecule has 5 aliphatic rings. The zero-order valence-electron chi connectivity index (χ0n) is 18.1. The number of likely N-dealkylation sites (tertiary alicyclic amines) is 1. The summed E-state index contributed by atoms with van der Waals surface area (Å²) in [6.45, 7) is 6.28. The number of benzene rings is 1. The van der Waals surface area contributed by atoms with Crippen molar-refractivity contribution in [3.63, 3.8) is 0 Å². The van der Waals surface area contributed by atoms with Crippen LogP contribution in [0.1, 0.15) is 63.9 Å². The molecule has 4 nitrogen and oxygen atoms in total. The van der Waals surface area contributed by atoms with Crippen LogP contribution in [0.5, 0.6) is 0 Å². The van der Waals surface area contributed by atoms with Gasteiger partial charge in [0.2, 0.25) is 5.91 Å². The standard InChI is InChI=1S/C25H37N3O/c1-17-5-3-4-6-23(17)26-22-7-9-28(10-8-22)18(2)24(29)27-25-14-19-11-20(15-25)13-21(12-19)16-25/h3-6,18-22,26H,7-16H2,1-2H3,(H,27,29)/t18-,19?,20?,21?,25?/m1/s1. The van der Waals surface area contributed by atoms with Crippen molar-refractivity contribution in [3.05, 3.63) is 29.8 Å². The number of carbonyl (C=O) groups is 1. The van der Waals surface area contributed by atoms with E-state index in [1.807, 2.05) is 0 Å². The second-order valence-electron chi connectivity index (χ2n) is 10.6. The number of carbonyl (C=O) groups excluding carboxylic acids is 1. The Morgan fingerprint density at radius 1 is 1.03 bits per heavy atom. The number of hydrogen-bond acceptors (Lipinski definition) is 3. The lowest BCUT2D eigenvalue weighted by Crippen LogP contribution is -2.62. The van der Waals surface area contributed by atoms with Crippen molar-refractivity contribution in [2.24, 2.45) is 17.8 Å². The summed E-state index contributed by atoms with van der Waals surface area (Å²) in [4.78, 5) is 15.6. The lowest BCUT2D eigenvalue weighted by Gasteiger charge is -2.57. The van der Waals surface area contributed by atoms with Gasteiger partial charge in [0.25, 0.3) is 0 Å².